The average Bonchev–Trinajstić information content (AvgIpc) is 3.18. The number of hydrogen-bond acceptors (Lipinski definition) is 4. The van der Waals surface area contributed by atoms with Crippen LogP contribution in [0.25, 0.3) is 11.1 Å². The van der Waals surface area contributed by atoms with E-state index < -0.39 is 23.4 Å². The van der Waals surface area contributed by atoms with Crippen molar-refractivity contribution in [3.63, 3.8) is 0 Å². The predicted octanol–water partition coefficient (Wildman–Crippen LogP) is 4.65. The molecular formula is C28H34N2O5. The molecule has 35 heavy (non-hydrogen) atoms. The minimum atomic E-state index is -0.926. The summed E-state index contributed by atoms with van der Waals surface area (Å²) in [6.07, 6.45) is 2.07. The highest BCUT2D eigenvalue weighted by Crippen LogP contribution is 2.44. The zero-order chi connectivity index (χ0) is 25.0. The number of fused-ring (bicyclic) bond motifs is 3. The molecule has 1 saturated heterocycles. The zero-order valence-electron chi connectivity index (χ0n) is 20.5. The first-order chi connectivity index (χ1) is 16.8. The molecule has 2 atom stereocenters. The first-order valence-corrected chi connectivity index (χ1v) is 12.4. The van der Waals surface area contributed by atoms with Crippen molar-refractivity contribution in [2.75, 3.05) is 26.2 Å². The molecule has 1 fully saturated rings. The van der Waals surface area contributed by atoms with E-state index in [1.54, 1.807) is 11.8 Å². The zero-order valence-corrected chi connectivity index (χ0v) is 20.5. The second kappa shape index (κ2) is 10.5. The van der Waals surface area contributed by atoms with E-state index >= 15 is 0 Å². The van der Waals surface area contributed by atoms with Gasteiger partial charge in [-0.3, -0.25) is 9.59 Å². The third-order valence-corrected chi connectivity index (χ3v) is 7.35. The largest absolute Gasteiger partial charge is 0.481 e. The molecule has 2 aromatic rings. The van der Waals surface area contributed by atoms with Crippen molar-refractivity contribution < 1.29 is 24.2 Å². The first-order valence-electron chi connectivity index (χ1n) is 12.4. The van der Waals surface area contributed by atoms with Crippen molar-refractivity contribution in [2.24, 2.45) is 11.3 Å². The molecule has 2 aliphatic rings. The van der Waals surface area contributed by atoms with Gasteiger partial charge in [-0.1, -0.05) is 61.9 Å². The van der Waals surface area contributed by atoms with Crippen LogP contribution in [0, 0.1) is 11.3 Å². The van der Waals surface area contributed by atoms with Crippen LogP contribution in [-0.2, 0) is 14.3 Å². The Kier molecular flexibility index (Phi) is 7.43. The lowest BCUT2D eigenvalue weighted by Crippen LogP contribution is -2.51. The Morgan fingerprint density at radius 3 is 2.34 bits per heavy atom. The van der Waals surface area contributed by atoms with Crippen molar-refractivity contribution in [3.8, 4) is 11.1 Å². The van der Waals surface area contributed by atoms with Crippen molar-refractivity contribution in [1.29, 1.82) is 0 Å². The average molecular weight is 479 g/mol. The van der Waals surface area contributed by atoms with Gasteiger partial charge in [0.1, 0.15) is 6.61 Å². The Bertz CT molecular complexity index is 1050. The molecule has 0 saturated carbocycles. The van der Waals surface area contributed by atoms with Crippen LogP contribution in [0.3, 0.4) is 0 Å². The molecule has 186 valence electrons. The second-order valence-electron chi connectivity index (χ2n) is 9.92. The third-order valence-electron chi connectivity index (χ3n) is 7.35. The van der Waals surface area contributed by atoms with E-state index in [9.17, 15) is 19.5 Å². The summed E-state index contributed by atoms with van der Waals surface area (Å²) in [5, 5.41) is 12.4. The minimum absolute atomic E-state index is 0.0248. The number of nitrogens with zero attached hydrogens (tertiary/aromatic N) is 1. The van der Waals surface area contributed by atoms with Gasteiger partial charge in [0.25, 0.3) is 0 Å². The number of hydrogen-bond donors (Lipinski definition) is 2. The van der Waals surface area contributed by atoms with Gasteiger partial charge in [0, 0.05) is 25.6 Å². The van der Waals surface area contributed by atoms with Gasteiger partial charge in [0.05, 0.1) is 11.3 Å². The summed E-state index contributed by atoms with van der Waals surface area (Å²) in [6.45, 7) is 4.82. The van der Waals surface area contributed by atoms with Crippen LogP contribution in [0.1, 0.15) is 56.6 Å². The minimum Gasteiger partial charge on any atom is -0.481 e. The fourth-order valence-electron chi connectivity index (χ4n) is 5.38. The highest BCUT2D eigenvalue weighted by Gasteiger charge is 2.40. The number of alkyl carbamates (subject to hydrolysis) is 1. The SMILES string of the molecule is CCCC(CNC(=O)OCC1c2ccccc2-c2ccccc21)C(=O)N1CCCC(C)(C(=O)O)C1. The standard InChI is InChI=1S/C28H34N2O5/c1-3-9-19(25(31)30-15-8-14-28(2,18-30)26(32)33)16-29-27(34)35-17-24-22-12-6-4-10-20(22)21-11-5-7-13-23(21)24/h4-7,10-13,19,24H,3,8-9,14-18H2,1-2H3,(H,29,34)(H,32,33). The molecule has 1 heterocycles. The smallest absolute Gasteiger partial charge is 0.407 e. The second-order valence-corrected chi connectivity index (χ2v) is 9.92. The maximum Gasteiger partial charge on any atom is 0.407 e. The van der Waals surface area contributed by atoms with Gasteiger partial charge < -0.3 is 20.1 Å². The van der Waals surface area contributed by atoms with Gasteiger partial charge in [-0.25, -0.2) is 4.79 Å². The van der Waals surface area contributed by atoms with Crippen LogP contribution in [0.5, 0.6) is 0 Å². The predicted molar refractivity (Wildman–Crippen MR) is 133 cm³/mol. The Morgan fingerprint density at radius 1 is 1.11 bits per heavy atom. The highest BCUT2D eigenvalue weighted by molar-refractivity contribution is 5.82. The molecule has 4 rings (SSSR count). The molecular weight excluding hydrogens is 444 g/mol. The summed E-state index contributed by atoms with van der Waals surface area (Å²) in [7, 11) is 0. The first kappa shape index (κ1) is 24.8. The van der Waals surface area contributed by atoms with Crippen LogP contribution in [0.4, 0.5) is 4.79 Å². The maximum atomic E-state index is 13.2. The van der Waals surface area contributed by atoms with Gasteiger partial charge >= 0.3 is 12.1 Å². The number of benzene rings is 2. The van der Waals surface area contributed by atoms with Crippen LogP contribution in [-0.4, -0.2) is 54.2 Å². The number of likely N-dealkylation sites (tertiary alicyclic amines) is 1. The summed E-state index contributed by atoms with van der Waals surface area (Å²) in [4.78, 5) is 39.1. The molecule has 2 aromatic carbocycles. The molecule has 0 spiro atoms. The lowest BCUT2D eigenvalue weighted by molar-refractivity contribution is -0.154. The quantitative estimate of drug-likeness (QED) is 0.576. The summed E-state index contributed by atoms with van der Waals surface area (Å²) in [5.74, 6) is -1.41. The highest BCUT2D eigenvalue weighted by atomic mass is 16.5. The van der Waals surface area contributed by atoms with E-state index in [4.69, 9.17) is 4.74 Å². The summed E-state index contributed by atoms with van der Waals surface area (Å²) in [6, 6.07) is 16.3. The number of amides is 2. The maximum absolute atomic E-state index is 13.2. The molecule has 1 aliphatic heterocycles. The van der Waals surface area contributed by atoms with E-state index in [1.807, 2.05) is 31.2 Å². The van der Waals surface area contributed by atoms with E-state index in [1.165, 1.54) is 11.1 Å². The summed E-state index contributed by atoms with van der Waals surface area (Å²) < 4.78 is 5.61. The Labute approximate surface area is 206 Å². The Balaban J connectivity index is 1.35. The number of carbonyl (C=O) groups is 3. The van der Waals surface area contributed by atoms with Gasteiger partial charge in [-0.05, 0) is 48.4 Å². The van der Waals surface area contributed by atoms with E-state index in [0.29, 0.717) is 25.8 Å². The molecule has 2 amide bonds. The topological polar surface area (TPSA) is 95.9 Å². The van der Waals surface area contributed by atoms with Crippen LogP contribution < -0.4 is 5.32 Å². The van der Waals surface area contributed by atoms with Gasteiger partial charge in [0.2, 0.25) is 5.91 Å². The summed E-state index contributed by atoms with van der Waals surface area (Å²) >= 11 is 0. The fraction of sp³-hybridized carbons (Fsp3) is 0.464. The Morgan fingerprint density at radius 2 is 1.74 bits per heavy atom. The monoisotopic (exact) mass is 478 g/mol. The van der Waals surface area contributed by atoms with Crippen LogP contribution in [0.2, 0.25) is 0 Å². The number of piperidine rings is 1. The molecule has 0 radical (unpaired) electrons. The van der Waals surface area contributed by atoms with Gasteiger partial charge in [-0.2, -0.15) is 0 Å². The van der Waals surface area contributed by atoms with Crippen LogP contribution >= 0.6 is 0 Å². The molecule has 2 N–H and O–H groups in total. The Hall–Kier alpha value is -3.35. The van der Waals surface area contributed by atoms with Gasteiger partial charge in [-0.15, -0.1) is 0 Å². The number of carbonyl (C=O) groups excluding carboxylic acids is 2. The molecule has 2 unspecified atom stereocenters. The molecule has 7 heteroatoms. The number of nitrogens with one attached hydrogen (secondary N) is 1. The van der Waals surface area contributed by atoms with Crippen molar-refractivity contribution in [3.05, 3.63) is 59.7 Å². The molecule has 0 aromatic heterocycles. The van der Waals surface area contributed by atoms with Crippen molar-refractivity contribution in [1.82, 2.24) is 10.2 Å². The lowest BCUT2D eigenvalue weighted by atomic mass is 9.81. The van der Waals surface area contributed by atoms with Gasteiger partial charge in [0.15, 0.2) is 0 Å². The number of aliphatic carboxylic acids is 1. The normalized spacial score (nSPS) is 20.0. The molecule has 1 aliphatic carbocycles. The number of carboxylic acids is 1. The van der Waals surface area contributed by atoms with E-state index in [0.717, 1.165) is 17.5 Å². The third kappa shape index (κ3) is 5.19. The van der Waals surface area contributed by atoms with Crippen molar-refractivity contribution in [2.45, 2.75) is 45.4 Å². The molecule has 0 bridgehead atoms. The fourth-order valence-corrected chi connectivity index (χ4v) is 5.38. The number of carboxylic acid groups (broad SMARTS) is 1. The summed E-state index contributed by atoms with van der Waals surface area (Å²) in [5.41, 5.74) is 3.70. The number of ether oxygens (including phenoxy) is 1. The molecule has 7 nitrogen and oxygen atoms in total. The van der Waals surface area contributed by atoms with E-state index in [2.05, 4.69) is 29.6 Å². The van der Waals surface area contributed by atoms with Crippen LogP contribution in [0.15, 0.2) is 48.5 Å². The lowest BCUT2D eigenvalue weighted by Gasteiger charge is -2.39. The van der Waals surface area contributed by atoms with E-state index in [-0.39, 0.29) is 31.5 Å². The number of rotatable bonds is 8. The van der Waals surface area contributed by atoms with Crippen molar-refractivity contribution >= 4 is 18.0 Å².